The van der Waals surface area contributed by atoms with Crippen molar-refractivity contribution < 1.29 is 14.7 Å². The molecular weight excluding hydrogens is 576 g/mol. The van der Waals surface area contributed by atoms with Gasteiger partial charge in [0.15, 0.2) is 0 Å². The largest absolute Gasteiger partial charge is 0.478 e. The summed E-state index contributed by atoms with van der Waals surface area (Å²) in [6, 6.07) is 18.9. The van der Waals surface area contributed by atoms with Gasteiger partial charge in [0, 0.05) is 49.5 Å². The van der Waals surface area contributed by atoms with Gasteiger partial charge in [0.2, 0.25) is 0 Å². The molecule has 9 nitrogen and oxygen atoms in total. The molecule has 0 unspecified atom stereocenters. The van der Waals surface area contributed by atoms with Crippen molar-refractivity contribution in [1.82, 2.24) is 28.9 Å². The number of hydrogen-bond donors (Lipinski definition) is 1. The second-order valence-electron chi connectivity index (χ2n) is 11.3. The average Bonchev–Trinajstić information content (AvgIpc) is 3.62. The minimum atomic E-state index is -0.968. The highest BCUT2D eigenvalue weighted by atomic mass is 35.5. The molecule has 1 aliphatic heterocycles. The van der Waals surface area contributed by atoms with E-state index in [9.17, 15) is 14.7 Å². The second kappa shape index (κ2) is 12.6. The maximum Gasteiger partial charge on any atom is 0.335 e. The Bertz CT molecular complexity index is 1840. The van der Waals surface area contributed by atoms with Gasteiger partial charge in [0.1, 0.15) is 5.82 Å². The average molecular weight is 611 g/mol. The number of carbonyl (C=O) groups is 2. The highest BCUT2D eigenvalue weighted by molar-refractivity contribution is 6.31. The number of amides is 1. The van der Waals surface area contributed by atoms with E-state index in [1.807, 2.05) is 54.4 Å². The molecule has 1 aliphatic rings. The lowest BCUT2D eigenvalue weighted by Crippen LogP contribution is -2.48. The van der Waals surface area contributed by atoms with E-state index in [1.54, 1.807) is 24.5 Å². The van der Waals surface area contributed by atoms with E-state index in [1.165, 1.54) is 0 Å². The Labute approximate surface area is 261 Å². The van der Waals surface area contributed by atoms with Crippen molar-refractivity contribution in [2.24, 2.45) is 0 Å². The second-order valence-corrected chi connectivity index (χ2v) is 11.7. The van der Waals surface area contributed by atoms with Crippen molar-refractivity contribution in [3.63, 3.8) is 0 Å². The van der Waals surface area contributed by atoms with Gasteiger partial charge in [0.25, 0.3) is 5.91 Å². The van der Waals surface area contributed by atoms with Crippen molar-refractivity contribution >= 4 is 34.5 Å². The lowest BCUT2D eigenvalue weighted by Gasteiger charge is -2.34. The number of halogens is 1. The quantitative estimate of drug-likeness (QED) is 0.236. The molecule has 0 bridgehead atoms. The molecule has 5 aromatic rings. The third-order valence-electron chi connectivity index (χ3n) is 8.34. The van der Waals surface area contributed by atoms with Gasteiger partial charge in [-0.2, -0.15) is 0 Å². The van der Waals surface area contributed by atoms with Crippen LogP contribution in [0.25, 0.3) is 11.0 Å². The van der Waals surface area contributed by atoms with Crippen LogP contribution in [-0.4, -0.2) is 72.1 Å². The molecule has 3 aromatic carbocycles. The number of hydrogen-bond acceptors (Lipinski definition) is 5. The lowest BCUT2D eigenvalue weighted by atomic mass is 10.0. The Kier molecular flexibility index (Phi) is 8.50. The van der Waals surface area contributed by atoms with E-state index in [0.717, 1.165) is 50.8 Å². The van der Waals surface area contributed by atoms with Gasteiger partial charge in [-0.05, 0) is 73.4 Å². The molecule has 1 saturated heterocycles. The molecule has 226 valence electrons. The summed E-state index contributed by atoms with van der Waals surface area (Å²) in [6.45, 7) is 8.63. The first-order valence-electron chi connectivity index (χ1n) is 14.9. The van der Waals surface area contributed by atoms with Crippen LogP contribution in [0.4, 0.5) is 0 Å². The third-order valence-corrected chi connectivity index (χ3v) is 8.69. The Morgan fingerprint density at radius 1 is 0.955 bits per heavy atom. The molecule has 1 N–H and O–H groups in total. The minimum Gasteiger partial charge on any atom is -0.478 e. The van der Waals surface area contributed by atoms with Crippen molar-refractivity contribution in [3.8, 4) is 0 Å². The summed E-state index contributed by atoms with van der Waals surface area (Å²) in [6.07, 6.45) is 4.32. The van der Waals surface area contributed by atoms with Crippen molar-refractivity contribution in [2.75, 3.05) is 26.2 Å². The van der Waals surface area contributed by atoms with Crippen LogP contribution in [0, 0.1) is 6.92 Å². The fraction of sp³-hybridized carbons (Fsp3) is 0.294. The van der Waals surface area contributed by atoms with Crippen LogP contribution in [0.1, 0.15) is 55.8 Å². The van der Waals surface area contributed by atoms with Crippen LogP contribution < -0.4 is 0 Å². The molecule has 0 saturated carbocycles. The molecule has 0 atom stereocenters. The summed E-state index contributed by atoms with van der Waals surface area (Å²) in [7, 11) is 0. The maximum atomic E-state index is 13.5. The van der Waals surface area contributed by atoms with E-state index in [-0.39, 0.29) is 11.5 Å². The van der Waals surface area contributed by atoms with E-state index in [4.69, 9.17) is 16.6 Å². The van der Waals surface area contributed by atoms with Crippen LogP contribution in [0.15, 0.2) is 73.2 Å². The zero-order valence-electron chi connectivity index (χ0n) is 24.9. The minimum absolute atomic E-state index is 0.0303. The van der Waals surface area contributed by atoms with E-state index < -0.39 is 5.97 Å². The number of carboxylic acids is 1. The van der Waals surface area contributed by atoms with Gasteiger partial charge >= 0.3 is 5.97 Å². The number of benzene rings is 3. The Morgan fingerprint density at radius 2 is 1.77 bits per heavy atom. The normalized spacial score (nSPS) is 13.9. The predicted octanol–water partition coefficient (Wildman–Crippen LogP) is 5.51. The summed E-state index contributed by atoms with van der Waals surface area (Å²) < 4.78 is 4.17. The first-order valence-corrected chi connectivity index (χ1v) is 15.2. The van der Waals surface area contributed by atoms with E-state index in [0.29, 0.717) is 51.3 Å². The fourth-order valence-electron chi connectivity index (χ4n) is 5.85. The van der Waals surface area contributed by atoms with E-state index in [2.05, 4.69) is 32.0 Å². The Hall–Kier alpha value is -4.47. The highest BCUT2D eigenvalue weighted by Crippen LogP contribution is 2.24. The van der Waals surface area contributed by atoms with Crippen molar-refractivity contribution in [1.29, 1.82) is 0 Å². The molecule has 44 heavy (non-hydrogen) atoms. The fourth-order valence-corrected chi connectivity index (χ4v) is 6.15. The van der Waals surface area contributed by atoms with E-state index >= 15 is 0 Å². The molecule has 0 spiro atoms. The maximum absolute atomic E-state index is 13.5. The highest BCUT2D eigenvalue weighted by Gasteiger charge is 2.24. The third kappa shape index (κ3) is 6.25. The summed E-state index contributed by atoms with van der Waals surface area (Å²) in [5.41, 5.74) is 6.69. The first kappa shape index (κ1) is 29.6. The lowest BCUT2D eigenvalue weighted by molar-refractivity contribution is 0.0623. The number of aryl methyl sites for hydroxylation is 2. The number of carbonyl (C=O) groups excluding carboxylic acids is 1. The van der Waals surface area contributed by atoms with Crippen LogP contribution in [0.2, 0.25) is 5.02 Å². The molecular formula is C34H35ClN6O3. The topological polar surface area (TPSA) is 96.5 Å². The van der Waals surface area contributed by atoms with Gasteiger partial charge < -0.3 is 19.1 Å². The van der Waals surface area contributed by atoms with Gasteiger partial charge in [-0.25, -0.2) is 14.8 Å². The van der Waals surface area contributed by atoms with Gasteiger partial charge in [0.05, 0.1) is 41.7 Å². The summed E-state index contributed by atoms with van der Waals surface area (Å²) >= 11 is 6.46. The number of imidazole rings is 2. The predicted molar refractivity (Wildman–Crippen MR) is 170 cm³/mol. The Morgan fingerprint density at radius 3 is 2.52 bits per heavy atom. The molecule has 0 radical (unpaired) electrons. The standard InChI is InChI=1S/C34H35ClN6O3/c1-3-39-22-36-19-28(39)20-41-31-18-27(34(43)44)9-10-30(31)37-32(41)21-38-11-13-40(14-12-38)33(42)26-6-4-5-24(17-26)16-25-8-7-23(2)15-29(25)35/h4-10,15,17-19,22H,3,11-14,16,20-21H2,1-2H3,(H,43,44). The molecule has 6 rings (SSSR count). The smallest absolute Gasteiger partial charge is 0.335 e. The summed E-state index contributed by atoms with van der Waals surface area (Å²) in [5.74, 6) is -0.0820. The monoisotopic (exact) mass is 610 g/mol. The van der Waals surface area contributed by atoms with Gasteiger partial charge in [-0.3, -0.25) is 9.69 Å². The number of fused-ring (bicyclic) bond motifs is 1. The van der Waals surface area contributed by atoms with Crippen LogP contribution in [0.3, 0.4) is 0 Å². The van der Waals surface area contributed by atoms with Gasteiger partial charge in [-0.15, -0.1) is 0 Å². The zero-order valence-corrected chi connectivity index (χ0v) is 25.7. The van der Waals surface area contributed by atoms with Crippen LogP contribution >= 0.6 is 11.6 Å². The first-order chi connectivity index (χ1) is 21.3. The van der Waals surface area contributed by atoms with Gasteiger partial charge in [-0.1, -0.05) is 35.9 Å². The zero-order chi connectivity index (χ0) is 30.8. The number of rotatable bonds is 9. The van der Waals surface area contributed by atoms with Crippen molar-refractivity contribution in [2.45, 2.75) is 39.9 Å². The van der Waals surface area contributed by atoms with Crippen LogP contribution in [0.5, 0.6) is 0 Å². The molecule has 3 heterocycles. The number of carboxylic acid groups (broad SMARTS) is 1. The number of aromatic carboxylic acids is 1. The van der Waals surface area contributed by atoms with Crippen LogP contribution in [-0.2, 0) is 26.1 Å². The molecule has 0 aliphatic carbocycles. The molecule has 10 heteroatoms. The molecule has 1 fully saturated rings. The number of nitrogens with zero attached hydrogens (tertiary/aromatic N) is 6. The molecule has 1 amide bonds. The number of aromatic nitrogens is 4. The Balaban J connectivity index is 1.16. The SMILES string of the molecule is CCn1cncc1Cn1c(CN2CCN(C(=O)c3cccc(Cc4ccc(C)cc4Cl)c3)CC2)nc2ccc(C(=O)O)cc21. The summed E-state index contributed by atoms with van der Waals surface area (Å²) in [4.78, 5) is 38.6. The molecule has 2 aromatic heterocycles. The van der Waals surface area contributed by atoms with Crippen molar-refractivity contribution in [3.05, 3.63) is 118 Å². The number of piperazine rings is 1. The summed E-state index contributed by atoms with van der Waals surface area (Å²) in [5, 5.41) is 10.3.